The lowest BCUT2D eigenvalue weighted by Crippen LogP contribution is -2.39. The first-order chi connectivity index (χ1) is 13.2. The van der Waals surface area contributed by atoms with E-state index < -0.39 is 0 Å². The van der Waals surface area contributed by atoms with Crippen LogP contribution in [0.3, 0.4) is 0 Å². The number of rotatable bonds is 4. The first-order valence-electron chi connectivity index (χ1n) is 9.10. The van der Waals surface area contributed by atoms with Crippen LogP contribution in [0, 0.1) is 6.92 Å². The second-order valence-electron chi connectivity index (χ2n) is 6.89. The summed E-state index contributed by atoms with van der Waals surface area (Å²) in [5.74, 6) is 0.583. The number of benzene rings is 3. The van der Waals surface area contributed by atoms with Crippen molar-refractivity contribution in [2.24, 2.45) is 0 Å². The maximum atomic E-state index is 12.8. The summed E-state index contributed by atoms with van der Waals surface area (Å²) in [4.78, 5) is 12.8. The molecule has 1 saturated heterocycles. The Kier molecular flexibility index (Phi) is 4.79. The number of aryl methyl sites for hydroxylation is 1. The van der Waals surface area contributed by atoms with E-state index >= 15 is 0 Å². The Hall–Kier alpha value is -2.89. The summed E-state index contributed by atoms with van der Waals surface area (Å²) in [6.45, 7) is 1.99. The summed E-state index contributed by atoms with van der Waals surface area (Å²) in [6.07, 6.45) is 0.675. The molecule has 0 aliphatic carbocycles. The second-order valence-corrected chi connectivity index (χ2v) is 6.89. The normalized spacial score (nSPS) is 19.2. The van der Waals surface area contributed by atoms with Crippen molar-refractivity contribution in [3.05, 3.63) is 71.8 Å². The van der Waals surface area contributed by atoms with Gasteiger partial charge in [0.25, 0.3) is 0 Å². The number of hydrogen-bond donors (Lipinski definition) is 3. The van der Waals surface area contributed by atoms with E-state index in [-0.39, 0.29) is 18.0 Å². The molecule has 0 saturated carbocycles. The van der Waals surface area contributed by atoms with Gasteiger partial charge in [-0.15, -0.1) is 0 Å². The van der Waals surface area contributed by atoms with Gasteiger partial charge in [-0.2, -0.15) is 0 Å². The number of carbonyl (C=O) groups excluding carboxylic acids is 1. The quantitative estimate of drug-likeness (QED) is 0.663. The lowest BCUT2D eigenvalue weighted by Gasteiger charge is -2.14. The molecule has 1 fully saturated rings. The van der Waals surface area contributed by atoms with Crippen molar-refractivity contribution in [2.75, 3.05) is 12.4 Å². The van der Waals surface area contributed by atoms with Crippen LogP contribution in [0.15, 0.2) is 60.7 Å². The van der Waals surface area contributed by atoms with Crippen LogP contribution in [0.2, 0.25) is 0 Å². The Balaban J connectivity index is 1.51. The number of carbonyl (C=O) groups is 1. The molecule has 2 unspecified atom stereocenters. The summed E-state index contributed by atoms with van der Waals surface area (Å²) < 4.78 is 5.35. The molecule has 138 valence electrons. The molecule has 3 N–H and O–H groups in total. The Bertz CT molecular complexity index is 981. The number of amides is 1. The van der Waals surface area contributed by atoms with E-state index in [9.17, 15) is 4.79 Å². The van der Waals surface area contributed by atoms with Gasteiger partial charge in [-0.25, -0.2) is 10.9 Å². The van der Waals surface area contributed by atoms with Gasteiger partial charge in [0.15, 0.2) is 0 Å². The molecule has 1 aliphatic rings. The zero-order chi connectivity index (χ0) is 18.8. The van der Waals surface area contributed by atoms with E-state index in [0.717, 1.165) is 5.56 Å². The number of methoxy groups -OCH3 is 1. The average molecular weight is 361 g/mol. The SMILES string of the molecule is COc1ccc(C)cc1NC(=O)C1CC(c2cccc3ccccc23)NN1. The highest BCUT2D eigenvalue weighted by molar-refractivity contribution is 5.96. The zero-order valence-electron chi connectivity index (χ0n) is 15.5. The third-order valence-corrected chi connectivity index (χ3v) is 5.03. The van der Waals surface area contributed by atoms with E-state index in [1.807, 2.05) is 37.3 Å². The molecule has 3 aromatic carbocycles. The van der Waals surface area contributed by atoms with E-state index in [1.165, 1.54) is 16.3 Å². The Morgan fingerprint density at radius 2 is 1.89 bits per heavy atom. The number of nitrogens with one attached hydrogen (secondary N) is 3. The second kappa shape index (κ2) is 7.39. The van der Waals surface area contributed by atoms with Crippen molar-refractivity contribution in [1.29, 1.82) is 0 Å². The van der Waals surface area contributed by atoms with Crippen molar-refractivity contribution in [3.8, 4) is 5.75 Å². The molecule has 0 bridgehead atoms. The number of hydrazine groups is 1. The lowest BCUT2D eigenvalue weighted by atomic mass is 9.96. The lowest BCUT2D eigenvalue weighted by molar-refractivity contribution is -0.117. The number of anilines is 1. The molecule has 0 radical (unpaired) electrons. The summed E-state index contributed by atoms with van der Waals surface area (Å²) in [5, 5.41) is 5.40. The Morgan fingerprint density at radius 3 is 2.74 bits per heavy atom. The molecule has 5 heteroatoms. The Labute approximate surface area is 158 Å². The van der Waals surface area contributed by atoms with Crippen LogP contribution in [0.4, 0.5) is 5.69 Å². The molecular weight excluding hydrogens is 338 g/mol. The average Bonchev–Trinajstić information content (AvgIpc) is 3.18. The van der Waals surface area contributed by atoms with E-state index in [2.05, 4.69) is 46.5 Å². The molecule has 27 heavy (non-hydrogen) atoms. The van der Waals surface area contributed by atoms with Crippen molar-refractivity contribution in [3.63, 3.8) is 0 Å². The largest absolute Gasteiger partial charge is 0.495 e. The minimum atomic E-state index is -0.320. The van der Waals surface area contributed by atoms with E-state index in [1.54, 1.807) is 7.11 Å². The van der Waals surface area contributed by atoms with Crippen molar-refractivity contribution in [2.45, 2.75) is 25.4 Å². The topological polar surface area (TPSA) is 62.4 Å². The van der Waals surface area contributed by atoms with Crippen LogP contribution in [-0.4, -0.2) is 19.1 Å². The van der Waals surface area contributed by atoms with Gasteiger partial charge in [-0.3, -0.25) is 4.79 Å². The fourth-order valence-electron chi connectivity index (χ4n) is 3.63. The van der Waals surface area contributed by atoms with Gasteiger partial charge in [0.1, 0.15) is 11.8 Å². The molecule has 2 atom stereocenters. The van der Waals surface area contributed by atoms with Gasteiger partial charge in [-0.05, 0) is 47.4 Å². The predicted octanol–water partition coefficient (Wildman–Crippen LogP) is 3.70. The smallest absolute Gasteiger partial charge is 0.243 e. The molecule has 1 aliphatic heterocycles. The molecule has 5 nitrogen and oxygen atoms in total. The van der Waals surface area contributed by atoms with Gasteiger partial charge in [-0.1, -0.05) is 48.5 Å². The van der Waals surface area contributed by atoms with Gasteiger partial charge >= 0.3 is 0 Å². The van der Waals surface area contributed by atoms with E-state index in [0.29, 0.717) is 17.9 Å². The Morgan fingerprint density at radius 1 is 1.07 bits per heavy atom. The summed E-state index contributed by atoms with van der Waals surface area (Å²) >= 11 is 0. The number of ether oxygens (including phenoxy) is 1. The van der Waals surface area contributed by atoms with Crippen molar-refractivity contribution in [1.82, 2.24) is 10.9 Å². The highest BCUT2D eigenvalue weighted by Crippen LogP contribution is 2.30. The fraction of sp³-hybridized carbons (Fsp3) is 0.227. The van der Waals surface area contributed by atoms with E-state index in [4.69, 9.17) is 4.74 Å². The summed E-state index contributed by atoms with van der Waals surface area (Å²) in [5.41, 5.74) is 9.38. The van der Waals surface area contributed by atoms with Crippen molar-refractivity contribution >= 4 is 22.4 Å². The molecule has 4 rings (SSSR count). The van der Waals surface area contributed by atoms with Crippen molar-refractivity contribution < 1.29 is 9.53 Å². The monoisotopic (exact) mass is 361 g/mol. The minimum absolute atomic E-state index is 0.0749. The standard InChI is InChI=1S/C22H23N3O2/c1-14-10-11-21(27-2)19(12-14)23-22(26)20-13-18(24-25-20)17-9-5-7-15-6-3-4-8-16(15)17/h3-12,18,20,24-25H,13H2,1-2H3,(H,23,26). The van der Waals surface area contributed by atoms with Crippen LogP contribution in [0.25, 0.3) is 10.8 Å². The highest BCUT2D eigenvalue weighted by Gasteiger charge is 2.31. The fourth-order valence-corrected chi connectivity index (χ4v) is 3.63. The van der Waals surface area contributed by atoms with Crippen LogP contribution in [-0.2, 0) is 4.79 Å². The minimum Gasteiger partial charge on any atom is -0.495 e. The van der Waals surface area contributed by atoms with Crippen LogP contribution >= 0.6 is 0 Å². The van der Waals surface area contributed by atoms with Gasteiger partial charge < -0.3 is 10.1 Å². The number of hydrogen-bond acceptors (Lipinski definition) is 4. The highest BCUT2D eigenvalue weighted by atomic mass is 16.5. The molecule has 1 heterocycles. The molecule has 1 amide bonds. The third-order valence-electron chi connectivity index (χ3n) is 5.03. The molecular formula is C22H23N3O2. The van der Waals surface area contributed by atoms with Crippen LogP contribution < -0.4 is 20.9 Å². The molecule has 3 aromatic rings. The van der Waals surface area contributed by atoms with Gasteiger partial charge in [0.2, 0.25) is 5.91 Å². The van der Waals surface area contributed by atoms with Crippen LogP contribution in [0.1, 0.15) is 23.6 Å². The van der Waals surface area contributed by atoms with Gasteiger partial charge in [0, 0.05) is 6.04 Å². The predicted molar refractivity (Wildman–Crippen MR) is 108 cm³/mol. The molecule has 0 aromatic heterocycles. The first-order valence-corrected chi connectivity index (χ1v) is 9.10. The van der Waals surface area contributed by atoms with Crippen LogP contribution in [0.5, 0.6) is 5.75 Å². The summed E-state index contributed by atoms with van der Waals surface area (Å²) in [6, 6.07) is 20.1. The zero-order valence-corrected chi connectivity index (χ0v) is 15.5. The maximum Gasteiger partial charge on any atom is 0.243 e. The summed E-state index contributed by atoms with van der Waals surface area (Å²) in [7, 11) is 1.60. The molecule has 0 spiro atoms. The van der Waals surface area contributed by atoms with Gasteiger partial charge in [0.05, 0.1) is 12.8 Å². The maximum absolute atomic E-state index is 12.8. The first kappa shape index (κ1) is 17.5. The third kappa shape index (κ3) is 3.52. The number of fused-ring (bicyclic) bond motifs is 1.